The van der Waals surface area contributed by atoms with Gasteiger partial charge in [-0.05, 0) is 31.9 Å². The van der Waals surface area contributed by atoms with Crippen molar-refractivity contribution in [3.8, 4) is 11.3 Å². The lowest BCUT2D eigenvalue weighted by Gasteiger charge is -2.13. The molecule has 0 amide bonds. The lowest BCUT2D eigenvalue weighted by atomic mass is 9.98. The molecule has 0 saturated heterocycles. The second-order valence-electron chi connectivity index (χ2n) is 4.60. The van der Waals surface area contributed by atoms with E-state index in [1.165, 1.54) is 11.1 Å². The van der Waals surface area contributed by atoms with E-state index in [2.05, 4.69) is 42.0 Å². The summed E-state index contributed by atoms with van der Waals surface area (Å²) < 4.78 is 0. The van der Waals surface area contributed by atoms with Gasteiger partial charge in [0.2, 0.25) is 0 Å². The zero-order chi connectivity index (χ0) is 13.3. The predicted molar refractivity (Wildman–Crippen MR) is 75.5 cm³/mol. The third-order valence-electron chi connectivity index (χ3n) is 3.41. The summed E-state index contributed by atoms with van der Waals surface area (Å²) in [6.45, 7) is 8.25. The van der Waals surface area contributed by atoms with Crippen LogP contribution in [0.25, 0.3) is 11.3 Å². The summed E-state index contributed by atoms with van der Waals surface area (Å²) in [5.41, 5.74) is 11.6. The molecule has 0 fully saturated rings. The van der Waals surface area contributed by atoms with Gasteiger partial charge in [-0.15, -0.1) is 0 Å². The van der Waals surface area contributed by atoms with E-state index in [4.69, 9.17) is 5.73 Å². The molecular weight excluding hydrogens is 222 g/mol. The number of aromatic nitrogens is 2. The molecule has 0 radical (unpaired) electrons. The smallest absolute Gasteiger partial charge is 0.131 e. The fourth-order valence-corrected chi connectivity index (χ4v) is 2.01. The van der Waals surface area contributed by atoms with Crippen LogP contribution in [0.15, 0.2) is 18.2 Å². The van der Waals surface area contributed by atoms with E-state index < -0.39 is 0 Å². The number of benzene rings is 1. The minimum absolute atomic E-state index is 0.581. The van der Waals surface area contributed by atoms with Crippen molar-refractivity contribution in [2.45, 2.75) is 34.1 Å². The molecule has 1 heterocycles. The molecule has 2 rings (SSSR count). The first-order chi connectivity index (χ1) is 8.54. The monoisotopic (exact) mass is 241 g/mol. The minimum atomic E-state index is 0.581. The largest absolute Gasteiger partial charge is 0.383 e. The quantitative estimate of drug-likeness (QED) is 0.878. The van der Waals surface area contributed by atoms with Crippen molar-refractivity contribution in [2.75, 3.05) is 5.73 Å². The van der Waals surface area contributed by atoms with Gasteiger partial charge in [-0.3, -0.25) is 0 Å². The van der Waals surface area contributed by atoms with Crippen LogP contribution in [-0.4, -0.2) is 9.97 Å². The molecule has 94 valence electrons. The summed E-state index contributed by atoms with van der Waals surface area (Å²) in [4.78, 5) is 8.93. The summed E-state index contributed by atoms with van der Waals surface area (Å²) in [5, 5.41) is 0. The second-order valence-corrected chi connectivity index (χ2v) is 4.60. The topological polar surface area (TPSA) is 51.8 Å². The molecule has 0 aliphatic rings. The van der Waals surface area contributed by atoms with Crippen molar-refractivity contribution in [1.82, 2.24) is 9.97 Å². The fraction of sp³-hybridized carbons (Fsp3) is 0.333. The number of nitrogens with two attached hydrogens (primary N) is 1. The Morgan fingerprint density at radius 2 is 1.78 bits per heavy atom. The maximum absolute atomic E-state index is 5.97. The number of aryl methyl sites for hydroxylation is 2. The predicted octanol–water partition coefficient (Wildman–Crippen LogP) is 3.21. The average molecular weight is 241 g/mol. The van der Waals surface area contributed by atoms with Crippen LogP contribution in [0.4, 0.5) is 5.82 Å². The molecule has 0 spiro atoms. The van der Waals surface area contributed by atoms with Crippen molar-refractivity contribution in [3.05, 3.63) is 40.7 Å². The lowest BCUT2D eigenvalue weighted by molar-refractivity contribution is 0.939. The van der Waals surface area contributed by atoms with Gasteiger partial charge in [0.05, 0.1) is 5.69 Å². The number of hydrogen-bond acceptors (Lipinski definition) is 3. The van der Waals surface area contributed by atoms with Crippen LogP contribution in [0.5, 0.6) is 0 Å². The van der Waals surface area contributed by atoms with Gasteiger partial charge in [-0.1, -0.05) is 25.1 Å². The molecular formula is C15H19N3. The summed E-state index contributed by atoms with van der Waals surface area (Å²) in [7, 11) is 0. The van der Waals surface area contributed by atoms with Crippen LogP contribution in [0.2, 0.25) is 0 Å². The third kappa shape index (κ3) is 2.08. The normalized spacial score (nSPS) is 10.7. The van der Waals surface area contributed by atoms with E-state index in [0.29, 0.717) is 5.82 Å². The minimum Gasteiger partial charge on any atom is -0.383 e. The Kier molecular flexibility index (Phi) is 3.32. The van der Waals surface area contributed by atoms with Crippen molar-refractivity contribution >= 4 is 5.82 Å². The Bertz CT molecular complexity index is 589. The second kappa shape index (κ2) is 4.77. The highest BCUT2D eigenvalue weighted by molar-refractivity contribution is 5.71. The van der Waals surface area contributed by atoms with Gasteiger partial charge in [-0.25, -0.2) is 9.97 Å². The first-order valence-corrected chi connectivity index (χ1v) is 6.24. The van der Waals surface area contributed by atoms with Crippen molar-refractivity contribution in [1.29, 1.82) is 0 Å². The lowest BCUT2D eigenvalue weighted by Crippen LogP contribution is -2.05. The number of anilines is 1. The SMILES string of the molecule is CCc1nc(N)c(C)c(-c2cccc(C)c2C)n1. The summed E-state index contributed by atoms with van der Waals surface area (Å²) in [6.07, 6.45) is 0.794. The zero-order valence-electron chi connectivity index (χ0n) is 11.4. The van der Waals surface area contributed by atoms with Crippen LogP contribution in [0.1, 0.15) is 29.4 Å². The maximum Gasteiger partial charge on any atom is 0.131 e. The summed E-state index contributed by atoms with van der Waals surface area (Å²) in [6, 6.07) is 6.26. The highest BCUT2D eigenvalue weighted by atomic mass is 15.0. The van der Waals surface area contributed by atoms with Gasteiger partial charge in [-0.2, -0.15) is 0 Å². The van der Waals surface area contributed by atoms with Crippen LogP contribution >= 0.6 is 0 Å². The number of hydrogen-bond donors (Lipinski definition) is 1. The highest BCUT2D eigenvalue weighted by Gasteiger charge is 2.12. The van der Waals surface area contributed by atoms with Gasteiger partial charge >= 0.3 is 0 Å². The van der Waals surface area contributed by atoms with Crippen molar-refractivity contribution in [3.63, 3.8) is 0 Å². The molecule has 18 heavy (non-hydrogen) atoms. The van der Waals surface area contributed by atoms with Gasteiger partial charge in [0, 0.05) is 17.5 Å². The molecule has 0 aliphatic heterocycles. The Morgan fingerprint density at radius 3 is 2.44 bits per heavy atom. The number of nitrogens with zero attached hydrogens (tertiary/aromatic N) is 2. The summed E-state index contributed by atoms with van der Waals surface area (Å²) >= 11 is 0. The molecule has 0 aliphatic carbocycles. The van der Waals surface area contributed by atoms with E-state index in [1.807, 2.05) is 13.8 Å². The Hall–Kier alpha value is -1.90. The molecule has 3 nitrogen and oxygen atoms in total. The van der Waals surface area contributed by atoms with Crippen LogP contribution in [0, 0.1) is 20.8 Å². The molecule has 0 atom stereocenters. The molecule has 0 unspecified atom stereocenters. The van der Waals surface area contributed by atoms with E-state index in [1.54, 1.807) is 0 Å². The molecule has 0 saturated carbocycles. The van der Waals surface area contributed by atoms with E-state index in [0.717, 1.165) is 29.1 Å². The van der Waals surface area contributed by atoms with Gasteiger partial charge < -0.3 is 5.73 Å². The van der Waals surface area contributed by atoms with E-state index >= 15 is 0 Å². The average Bonchev–Trinajstić information content (AvgIpc) is 2.36. The van der Waals surface area contributed by atoms with Crippen LogP contribution in [0.3, 0.4) is 0 Å². The first kappa shape index (κ1) is 12.6. The van der Waals surface area contributed by atoms with Gasteiger partial charge in [0.15, 0.2) is 0 Å². The third-order valence-corrected chi connectivity index (χ3v) is 3.41. The Balaban J connectivity index is 2.70. The first-order valence-electron chi connectivity index (χ1n) is 6.24. The molecule has 0 bridgehead atoms. The Morgan fingerprint density at radius 1 is 1.06 bits per heavy atom. The molecule has 1 aromatic carbocycles. The van der Waals surface area contributed by atoms with Crippen molar-refractivity contribution < 1.29 is 0 Å². The van der Waals surface area contributed by atoms with E-state index in [9.17, 15) is 0 Å². The number of nitrogen functional groups attached to an aromatic ring is 1. The molecule has 1 aromatic heterocycles. The fourth-order valence-electron chi connectivity index (χ4n) is 2.01. The summed E-state index contributed by atoms with van der Waals surface area (Å²) in [5.74, 6) is 1.38. The van der Waals surface area contributed by atoms with Crippen LogP contribution < -0.4 is 5.73 Å². The molecule has 3 heteroatoms. The highest BCUT2D eigenvalue weighted by Crippen LogP contribution is 2.28. The number of rotatable bonds is 2. The molecule has 2 N–H and O–H groups in total. The van der Waals surface area contributed by atoms with Gasteiger partial charge in [0.25, 0.3) is 0 Å². The molecule has 2 aromatic rings. The zero-order valence-corrected chi connectivity index (χ0v) is 11.4. The van der Waals surface area contributed by atoms with Crippen molar-refractivity contribution in [2.24, 2.45) is 0 Å². The maximum atomic E-state index is 5.97. The standard InChI is InChI=1S/C15H19N3/c1-5-13-17-14(11(4)15(16)18-13)12-8-6-7-9(2)10(12)3/h6-8H,5H2,1-4H3,(H2,16,17,18). The Labute approximate surface area is 108 Å². The van der Waals surface area contributed by atoms with Gasteiger partial charge in [0.1, 0.15) is 11.6 Å². The van der Waals surface area contributed by atoms with E-state index in [-0.39, 0.29) is 0 Å². The van der Waals surface area contributed by atoms with Crippen LogP contribution in [-0.2, 0) is 6.42 Å².